The third-order valence-electron chi connectivity index (χ3n) is 2.72. The third kappa shape index (κ3) is 3.85. The molecule has 0 saturated carbocycles. The largest absolute Gasteiger partial charge is 0.387 e. The van der Waals surface area contributed by atoms with Crippen LogP contribution in [-0.2, 0) is 4.79 Å². The second-order valence-electron chi connectivity index (χ2n) is 6.04. The molecule has 3 heteroatoms. The molecule has 1 rings (SSSR count). The average molecular weight is 266 g/mol. The van der Waals surface area contributed by atoms with Crippen LogP contribution in [0.15, 0.2) is 30.3 Å². The number of carbonyl (C=O) groups excluding carboxylic acids is 1. The molecule has 0 saturated heterocycles. The number of carbonyl (C=O) groups is 1. The van der Waals surface area contributed by atoms with Crippen molar-refractivity contribution < 1.29 is 9.90 Å². The van der Waals surface area contributed by atoms with Gasteiger partial charge in [0, 0.05) is 4.75 Å². The van der Waals surface area contributed by atoms with E-state index in [0.717, 1.165) is 5.56 Å². The Morgan fingerprint density at radius 3 is 2.06 bits per heavy atom. The first-order chi connectivity index (χ1) is 8.14. The maximum absolute atomic E-state index is 12.3. The molecule has 1 N–H and O–H groups in total. The van der Waals surface area contributed by atoms with E-state index in [4.69, 9.17) is 0 Å². The number of rotatable bonds is 3. The molecule has 0 amide bonds. The molecule has 1 atom stereocenters. The summed E-state index contributed by atoms with van der Waals surface area (Å²) in [5.74, 6) is 0. The smallest absolute Gasteiger partial charge is 0.197 e. The van der Waals surface area contributed by atoms with Crippen LogP contribution in [0.5, 0.6) is 0 Å². The van der Waals surface area contributed by atoms with Crippen molar-refractivity contribution in [1.82, 2.24) is 0 Å². The van der Waals surface area contributed by atoms with Gasteiger partial charge in [0.15, 0.2) is 5.12 Å². The van der Waals surface area contributed by atoms with Gasteiger partial charge in [0.05, 0.1) is 11.5 Å². The molecule has 0 radical (unpaired) electrons. The molecule has 0 spiro atoms. The molecule has 0 aliphatic carbocycles. The molecular formula is C15H22O2S. The first-order valence-corrected chi connectivity index (χ1v) is 6.93. The Morgan fingerprint density at radius 1 is 1.11 bits per heavy atom. The van der Waals surface area contributed by atoms with E-state index in [-0.39, 0.29) is 9.86 Å². The van der Waals surface area contributed by atoms with E-state index >= 15 is 0 Å². The van der Waals surface area contributed by atoms with Crippen LogP contribution in [0.1, 0.15) is 46.3 Å². The summed E-state index contributed by atoms with van der Waals surface area (Å²) in [5.41, 5.74) is -0.00962. The molecule has 1 aromatic carbocycles. The highest BCUT2D eigenvalue weighted by Gasteiger charge is 2.38. The van der Waals surface area contributed by atoms with Gasteiger partial charge in [-0.25, -0.2) is 0 Å². The molecule has 0 bridgehead atoms. The fraction of sp³-hybridized carbons (Fsp3) is 0.533. The highest BCUT2D eigenvalue weighted by Crippen LogP contribution is 2.40. The van der Waals surface area contributed by atoms with Gasteiger partial charge in [-0.15, -0.1) is 0 Å². The monoisotopic (exact) mass is 266 g/mol. The van der Waals surface area contributed by atoms with Crippen LogP contribution >= 0.6 is 11.8 Å². The first-order valence-electron chi connectivity index (χ1n) is 6.11. The lowest BCUT2D eigenvalue weighted by Crippen LogP contribution is -2.32. The Balaban J connectivity index is 2.89. The number of aliphatic hydroxyl groups is 1. The van der Waals surface area contributed by atoms with Crippen molar-refractivity contribution in [3.05, 3.63) is 35.9 Å². The Labute approximate surface area is 114 Å². The molecule has 0 heterocycles. The standard InChI is InChI=1S/C15H22O2S/c1-14(2,3)18-13(17)15(4,5)12(16)11-9-7-6-8-10-11/h6-10,12,16H,1-5H3. The minimum absolute atomic E-state index is 0.0198. The second kappa shape index (κ2) is 5.45. The van der Waals surface area contributed by atoms with Crippen LogP contribution in [0.3, 0.4) is 0 Å². The Kier molecular flexibility index (Phi) is 4.62. The summed E-state index contributed by atoms with van der Waals surface area (Å²) in [6.07, 6.45) is -0.777. The van der Waals surface area contributed by atoms with E-state index in [9.17, 15) is 9.90 Å². The zero-order valence-corrected chi connectivity index (χ0v) is 12.5. The van der Waals surface area contributed by atoms with Crippen LogP contribution in [0.25, 0.3) is 0 Å². The topological polar surface area (TPSA) is 37.3 Å². The molecule has 1 unspecified atom stereocenters. The van der Waals surface area contributed by atoms with Crippen molar-refractivity contribution in [2.45, 2.75) is 45.5 Å². The number of aliphatic hydroxyl groups excluding tert-OH is 1. The highest BCUT2D eigenvalue weighted by atomic mass is 32.2. The molecule has 0 aliphatic heterocycles. The van der Waals surface area contributed by atoms with Gasteiger partial charge in [-0.05, 0) is 19.4 Å². The van der Waals surface area contributed by atoms with E-state index < -0.39 is 11.5 Å². The fourth-order valence-corrected chi connectivity index (χ4v) is 2.50. The zero-order valence-electron chi connectivity index (χ0n) is 11.7. The van der Waals surface area contributed by atoms with Crippen LogP contribution in [0.2, 0.25) is 0 Å². The van der Waals surface area contributed by atoms with Gasteiger partial charge in [-0.2, -0.15) is 0 Å². The summed E-state index contributed by atoms with van der Waals surface area (Å²) in [6.45, 7) is 9.60. The SMILES string of the molecule is CC(C)(C)SC(=O)C(C)(C)C(O)c1ccccc1. The minimum atomic E-state index is -0.792. The van der Waals surface area contributed by atoms with E-state index in [1.165, 1.54) is 11.8 Å². The summed E-state index contributed by atoms with van der Waals surface area (Å²) in [4.78, 5) is 12.3. The van der Waals surface area contributed by atoms with Crippen LogP contribution in [0.4, 0.5) is 0 Å². The van der Waals surface area contributed by atoms with E-state index in [1.54, 1.807) is 13.8 Å². The molecule has 2 nitrogen and oxygen atoms in total. The van der Waals surface area contributed by atoms with Gasteiger partial charge in [0.2, 0.25) is 0 Å². The van der Waals surface area contributed by atoms with Crippen LogP contribution in [0, 0.1) is 5.41 Å². The summed E-state index contributed by atoms with van der Waals surface area (Å²) < 4.78 is -0.134. The molecule has 0 fully saturated rings. The normalized spacial score (nSPS) is 14.3. The van der Waals surface area contributed by atoms with Crippen molar-refractivity contribution in [3.63, 3.8) is 0 Å². The first kappa shape index (κ1) is 15.3. The lowest BCUT2D eigenvalue weighted by Gasteiger charge is -2.31. The van der Waals surface area contributed by atoms with Gasteiger partial charge in [-0.1, -0.05) is 62.9 Å². The maximum Gasteiger partial charge on any atom is 0.197 e. The number of benzene rings is 1. The van der Waals surface area contributed by atoms with Crippen molar-refractivity contribution >= 4 is 16.9 Å². The summed E-state index contributed by atoms with van der Waals surface area (Å²) in [7, 11) is 0. The van der Waals surface area contributed by atoms with Crippen molar-refractivity contribution in [2.24, 2.45) is 5.41 Å². The van der Waals surface area contributed by atoms with Crippen molar-refractivity contribution in [1.29, 1.82) is 0 Å². The molecule has 0 aliphatic rings. The Bertz CT molecular complexity index is 404. The van der Waals surface area contributed by atoms with Crippen LogP contribution < -0.4 is 0 Å². The zero-order chi connectivity index (χ0) is 14.0. The average Bonchev–Trinajstić information content (AvgIpc) is 2.27. The maximum atomic E-state index is 12.3. The van der Waals surface area contributed by atoms with E-state index in [2.05, 4.69) is 0 Å². The van der Waals surface area contributed by atoms with Crippen LogP contribution in [-0.4, -0.2) is 15.0 Å². The van der Waals surface area contributed by atoms with Crippen molar-refractivity contribution in [2.75, 3.05) is 0 Å². The third-order valence-corrected chi connectivity index (χ3v) is 4.05. The van der Waals surface area contributed by atoms with E-state index in [0.29, 0.717) is 0 Å². The van der Waals surface area contributed by atoms with E-state index in [1.807, 2.05) is 51.1 Å². The lowest BCUT2D eigenvalue weighted by molar-refractivity contribution is -0.124. The predicted molar refractivity (Wildman–Crippen MR) is 77.5 cm³/mol. The van der Waals surface area contributed by atoms with Gasteiger partial charge in [-0.3, -0.25) is 4.79 Å². The quantitative estimate of drug-likeness (QED) is 0.904. The van der Waals surface area contributed by atoms with Gasteiger partial charge in [0.25, 0.3) is 0 Å². The Morgan fingerprint density at radius 2 is 1.61 bits per heavy atom. The lowest BCUT2D eigenvalue weighted by atomic mass is 9.84. The highest BCUT2D eigenvalue weighted by molar-refractivity contribution is 8.14. The molecule has 1 aromatic rings. The molecule has 0 aromatic heterocycles. The summed E-state index contributed by atoms with van der Waals surface area (Å²) in [5, 5.41) is 10.4. The van der Waals surface area contributed by atoms with Gasteiger partial charge < -0.3 is 5.11 Å². The molecular weight excluding hydrogens is 244 g/mol. The predicted octanol–water partition coefficient (Wildman–Crippen LogP) is 3.80. The summed E-state index contributed by atoms with van der Waals surface area (Å²) >= 11 is 1.29. The minimum Gasteiger partial charge on any atom is -0.387 e. The molecule has 18 heavy (non-hydrogen) atoms. The second-order valence-corrected chi connectivity index (χ2v) is 7.84. The summed E-state index contributed by atoms with van der Waals surface area (Å²) in [6, 6.07) is 9.34. The number of hydrogen-bond donors (Lipinski definition) is 1. The van der Waals surface area contributed by atoms with Gasteiger partial charge >= 0.3 is 0 Å². The van der Waals surface area contributed by atoms with Gasteiger partial charge in [0.1, 0.15) is 0 Å². The Hall–Kier alpha value is -0.800. The molecule has 100 valence electrons. The number of hydrogen-bond acceptors (Lipinski definition) is 3. The number of thioether (sulfide) groups is 1. The van der Waals surface area contributed by atoms with Crippen molar-refractivity contribution in [3.8, 4) is 0 Å². The fourth-order valence-electron chi connectivity index (χ4n) is 1.57.